The molecule has 2 aromatic rings. The summed E-state index contributed by atoms with van der Waals surface area (Å²) in [5.74, 6) is 1.08. The zero-order chi connectivity index (χ0) is 15.5. The van der Waals surface area contributed by atoms with Gasteiger partial charge in [-0.1, -0.05) is 0 Å². The van der Waals surface area contributed by atoms with E-state index in [-0.39, 0.29) is 5.54 Å². The molecule has 0 aromatic carbocycles. The third-order valence-electron chi connectivity index (χ3n) is 2.79. The van der Waals surface area contributed by atoms with Crippen molar-refractivity contribution < 1.29 is 4.74 Å². The van der Waals surface area contributed by atoms with Crippen molar-refractivity contribution in [2.75, 3.05) is 7.11 Å². The maximum absolute atomic E-state index is 5.11. The second-order valence-corrected chi connectivity index (χ2v) is 5.87. The van der Waals surface area contributed by atoms with Crippen molar-refractivity contribution in [2.24, 2.45) is 0 Å². The molecule has 1 N–H and O–H groups in total. The van der Waals surface area contributed by atoms with Crippen LogP contribution in [0.25, 0.3) is 11.5 Å². The van der Waals surface area contributed by atoms with Crippen molar-refractivity contribution in [3.05, 3.63) is 29.8 Å². The molecule has 0 radical (unpaired) electrons. The van der Waals surface area contributed by atoms with Gasteiger partial charge in [-0.15, -0.1) is 0 Å². The Labute approximate surface area is 125 Å². The molecule has 2 heterocycles. The number of aryl methyl sites for hydroxylation is 1. The Morgan fingerprint density at radius 1 is 1.14 bits per heavy atom. The fraction of sp³-hybridized carbons (Fsp3) is 0.467. The second kappa shape index (κ2) is 6.13. The van der Waals surface area contributed by atoms with Gasteiger partial charge in [0.15, 0.2) is 5.82 Å². The lowest BCUT2D eigenvalue weighted by molar-refractivity contribution is 0.397. The Morgan fingerprint density at radius 3 is 2.57 bits per heavy atom. The van der Waals surface area contributed by atoms with E-state index < -0.39 is 0 Å². The molecule has 0 fully saturated rings. The smallest absolute Gasteiger partial charge is 0.216 e. The molecule has 0 aliphatic carbocycles. The molecule has 2 aromatic heterocycles. The van der Waals surface area contributed by atoms with Crippen molar-refractivity contribution >= 4 is 0 Å². The van der Waals surface area contributed by atoms with Crippen LogP contribution in [0, 0.1) is 6.92 Å². The van der Waals surface area contributed by atoms with Crippen LogP contribution in [0.15, 0.2) is 18.5 Å². The van der Waals surface area contributed by atoms with Crippen LogP contribution in [-0.4, -0.2) is 32.6 Å². The summed E-state index contributed by atoms with van der Waals surface area (Å²) in [4.78, 5) is 17.2. The van der Waals surface area contributed by atoms with Gasteiger partial charge in [0.2, 0.25) is 5.88 Å². The molecule has 0 unspecified atom stereocenters. The van der Waals surface area contributed by atoms with Crippen LogP contribution in [0.4, 0.5) is 0 Å². The number of aromatic nitrogens is 4. The molecular weight excluding hydrogens is 266 g/mol. The van der Waals surface area contributed by atoms with E-state index in [1.165, 1.54) is 6.33 Å². The van der Waals surface area contributed by atoms with Gasteiger partial charge in [0.1, 0.15) is 12.0 Å². The first-order valence-electron chi connectivity index (χ1n) is 6.83. The van der Waals surface area contributed by atoms with Crippen LogP contribution >= 0.6 is 0 Å². The predicted octanol–water partition coefficient (Wildman–Crippen LogP) is 2.14. The van der Waals surface area contributed by atoms with E-state index in [0.717, 1.165) is 11.4 Å². The van der Waals surface area contributed by atoms with Gasteiger partial charge in [0, 0.05) is 23.8 Å². The van der Waals surface area contributed by atoms with Gasteiger partial charge < -0.3 is 10.1 Å². The second-order valence-electron chi connectivity index (χ2n) is 5.87. The summed E-state index contributed by atoms with van der Waals surface area (Å²) in [5, 5.41) is 3.42. The van der Waals surface area contributed by atoms with E-state index in [4.69, 9.17) is 4.74 Å². The van der Waals surface area contributed by atoms with E-state index in [2.05, 4.69) is 46.0 Å². The first-order chi connectivity index (χ1) is 9.87. The van der Waals surface area contributed by atoms with Gasteiger partial charge in [0.25, 0.3) is 0 Å². The largest absolute Gasteiger partial charge is 0.481 e. The Balaban J connectivity index is 2.29. The normalized spacial score (nSPS) is 11.5. The zero-order valence-corrected chi connectivity index (χ0v) is 13.1. The molecule has 0 aliphatic rings. The van der Waals surface area contributed by atoms with Crippen molar-refractivity contribution in [1.82, 2.24) is 25.3 Å². The van der Waals surface area contributed by atoms with Gasteiger partial charge in [-0.25, -0.2) is 19.9 Å². The number of hydrogen-bond donors (Lipinski definition) is 1. The minimum Gasteiger partial charge on any atom is -0.481 e. The van der Waals surface area contributed by atoms with E-state index in [1.807, 2.05) is 13.0 Å². The summed E-state index contributed by atoms with van der Waals surface area (Å²) < 4.78 is 5.11. The molecular formula is C15H21N5O. The molecule has 0 amide bonds. The van der Waals surface area contributed by atoms with Crippen molar-refractivity contribution in [2.45, 2.75) is 39.8 Å². The van der Waals surface area contributed by atoms with Crippen LogP contribution in [-0.2, 0) is 6.54 Å². The number of ether oxygens (including phenoxy) is 1. The fourth-order valence-electron chi connectivity index (χ4n) is 1.77. The van der Waals surface area contributed by atoms with Gasteiger partial charge in [-0.05, 0) is 33.8 Å². The summed E-state index contributed by atoms with van der Waals surface area (Å²) in [6, 6.07) is 3.70. The summed E-state index contributed by atoms with van der Waals surface area (Å²) >= 11 is 0. The van der Waals surface area contributed by atoms with E-state index in [0.29, 0.717) is 23.9 Å². The standard InChI is InChI=1S/C15H21N5O/c1-10-6-11(8-18-15(2,3)4)20-14(19-10)12-7-13(21-5)17-9-16-12/h6-7,9,18H,8H2,1-5H3. The third kappa shape index (κ3) is 4.46. The SMILES string of the molecule is COc1cc(-c2nc(C)cc(CNC(C)(C)C)n2)ncn1. The predicted molar refractivity (Wildman–Crippen MR) is 80.9 cm³/mol. The van der Waals surface area contributed by atoms with Crippen molar-refractivity contribution in [3.8, 4) is 17.4 Å². The first kappa shape index (κ1) is 15.3. The number of nitrogens with one attached hydrogen (secondary N) is 1. The summed E-state index contributed by atoms with van der Waals surface area (Å²) in [5.41, 5.74) is 2.54. The molecule has 21 heavy (non-hydrogen) atoms. The van der Waals surface area contributed by atoms with E-state index in [9.17, 15) is 0 Å². The molecule has 0 spiro atoms. The maximum atomic E-state index is 5.11. The van der Waals surface area contributed by atoms with Gasteiger partial charge in [-0.3, -0.25) is 0 Å². The Bertz CT molecular complexity index is 622. The van der Waals surface area contributed by atoms with Crippen LogP contribution < -0.4 is 10.1 Å². The maximum Gasteiger partial charge on any atom is 0.216 e. The number of nitrogens with zero attached hydrogens (tertiary/aromatic N) is 4. The minimum absolute atomic E-state index is 0.0388. The molecule has 2 rings (SSSR count). The fourth-order valence-corrected chi connectivity index (χ4v) is 1.77. The average Bonchev–Trinajstić information content (AvgIpc) is 2.44. The monoisotopic (exact) mass is 287 g/mol. The molecule has 0 aliphatic heterocycles. The van der Waals surface area contributed by atoms with Crippen LogP contribution in [0.2, 0.25) is 0 Å². The van der Waals surface area contributed by atoms with Crippen LogP contribution in [0.3, 0.4) is 0 Å². The molecule has 0 bridgehead atoms. The molecule has 0 atom stereocenters. The molecule has 6 heteroatoms. The lowest BCUT2D eigenvalue weighted by Crippen LogP contribution is -2.35. The molecule has 6 nitrogen and oxygen atoms in total. The van der Waals surface area contributed by atoms with E-state index in [1.54, 1.807) is 13.2 Å². The van der Waals surface area contributed by atoms with Crippen LogP contribution in [0.1, 0.15) is 32.2 Å². The van der Waals surface area contributed by atoms with Crippen molar-refractivity contribution in [1.29, 1.82) is 0 Å². The highest BCUT2D eigenvalue weighted by molar-refractivity contribution is 5.50. The van der Waals surface area contributed by atoms with Gasteiger partial charge >= 0.3 is 0 Å². The highest BCUT2D eigenvalue weighted by Crippen LogP contribution is 2.17. The highest BCUT2D eigenvalue weighted by atomic mass is 16.5. The number of rotatable bonds is 4. The number of methoxy groups -OCH3 is 1. The summed E-state index contributed by atoms with van der Waals surface area (Å²) in [7, 11) is 1.57. The first-order valence-corrected chi connectivity index (χ1v) is 6.83. The average molecular weight is 287 g/mol. The minimum atomic E-state index is 0.0388. The molecule has 0 saturated heterocycles. The zero-order valence-electron chi connectivity index (χ0n) is 13.1. The van der Waals surface area contributed by atoms with E-state index >= 15 is 0 Å². The summed E-state index contributed by atoms with van der Waals surface area (Å²) in [6.07, 6.45) is 1.45. The highest BCUT2D eigenvalue weighted by Gasteiger charge is 2.12. The third-order valence-corrected chi connectivity index (χ3v) is 2.79. The lowest BCUT2D eigenvalue weighted by Gasteiger charge is -2.20. The molecule has 0 saturated carbocycles. The van der Waals surface area contributed by atoms with Gasteiger partial charge in [-0.2, -0.15) is 0 Å². The van der Waals surface area contributed by atoms with Crippen LogP contribution in [0.5, 0.6) is 5.88 Å². The Kier molecular flexibility index (Phi) is 4.47. The Hall–Kier alpha value is -2.08. The summed E-state index contributed by atoms with van der Waals surface area (Å²) in [6.45, 7) is 9.00. The van der Waals surface area contributed by atoms with Crippen molar-refractivity contribution in [3.63, 3.8) is 0 Å². The van der Waals surface area contributed by atoms with Gasteiger partial charge in [0.05, 0.1) is 12.8 Å². The lowest BCUT2D eigenvalue weighted by atomic mass is 10.1. The number of hydrogen-bond acceptors (Lipinski definition) is 6. The molecule has 112 valence electrons. The topological polar surface area (TPSA) is 72.8 Å². The Morgan fingerprint density at radius 2 is 1.90 bits per heavy atom. The quantitative estimate of drug-likeness (QED) is 0.928.